The number of hydrogen-bond donors (Lipinski definition) is 0. The van der Waals surface area contributed by atoms with Gasteiger partial charge in [-0.25, -0.2) is 0 Å². The average Bonchev–Trinajstić information content (AvgIpc) is 2.17. The number of hydrogen-bond acceptors (Lipinski definition) is 1. The molecular formula is C12H16O. The first kappa shape index (κ1) is 9.85. The molecule has 70 valence electrons. The van der Waals surface area contributed by atoms with Gasteiger partial charge in [0.1, 0.15) is 0 Å². The fourth-order valence-corrected chi connectivity index (χ4v) is 1.25. The Morgan fingerprint density at radius 2 is 2.00 bits per heavy atom. The Hall–Kier alpha value is -1.24. The fraction of sp³-hybridized carbons (Fsp3) is 0.333. The van der Waals surface area contributed by atoms with Crippen LogP contribution in [0.2, 0.25) is 0 Å². The summed E-state index contributed by atoms with van der Waals surface area (Å²) in [6.45, 7) is 2.09. The third-order valence-electron chi connectivity index (χ3n) is 1.97. The molecule has 1 nitrogen and oxygen atoms in total. The van der Waals surface area contributed by atoms with E-state index in [0.29, 0.717) is 0 Å². The summed E-state index contributed by atoms with van der Waals surface area (Å²) in [7, 11) is 1.69. The Morgan fingerprint density at radius 1 is 1.31 bits per heavy atom. The minimum Gasteiger partial charge on any atom is -0.504 e. The van der Waals surface area contributed by atoms with E-state index >= 15 is 0 Å². The van der Waals surface area contributed by atoms with Gasteiger partial charge in [0.05, 0.1) is 13.4 Å². The van der Waals surface area contributed by atoms with Crippen LogP contribution in [0.25, 0.3) is 0 Å². The molecule has 0 fully saturated rings. The first-order valence-electron chi connectivity index (χ1n) is 4.55. The lowest BCUT2D eigenvalue weighted by Crippen LogP contribution is -1.86. The second kappa shape index (κ2) is 5.41. The normalized spacial score (nSPS) is 11.4. The Kier molecular flexibility index (Phi) is 4.10. The standard InChI is InChI=1S/C12H16O/c1-11(10-13-2)8-9-12-6-4-3-5-7-12/h3-7,10H,8-9H2,1-2H3/b11-10+. The highest BCUT2D eigenvalue weighted by Crippen LogP contribution is 2.07. The summed E-state index contributed by atoms with van der Waals surface area (Å²) >= 11 is 0. The van der Waals surface area contributed by atoms with Crippen LogP contribution in [0.4, 0.5) is 0 Å². The molecule has 1 heteroatoms. The summed E-state index contributed by atoms with van der Waals surface area (Å²) < 4.78 is 4.93. The fourth-order valence-electron chi connectivity index (χ4n) is 1.25. The molecular weight excluding hydrogens is 160 g/mol. The zero-order chi connectivity index (χ0) is 9.52. The van der Waals surface area contributed by atoms with Crippen molar-refractivity contribution in [2.45, 2.75) is 19.8 Å². The molecule has 0 aliphatic carbocycles. The molecule has 0 amide bonds. The number of rotatable bonds is 4. The minimum absolute atomic E-state index is 1.07. The van der Waals surface area contributed by atoms with E-state index in [0.717, 1.165) is 12.8 Å². The average molecular weight is 176 g/mol. The van der Waals surface area contributed by atoms with E-state index in [9.17, 15) is 0 Å². The van der Waals surface area contributed by atoms with Crippen LogP contribution in [0.5, 0.6) is 0 Å². The Bertz CT molecular complexity index is 262. The van der Waals surface area contributed by atoms with Crippen LogP contribution in [-0.2, 0) is 11.2 Å². The maximum atomic E-state index is 4.93. The summed E-state index contributed by atoms with van der Waals surface area (Å²) in [5, 5.41) is 0. The van der Waals surface area contributed by atoms with Gasteiger partial charge in [-0.3, -0.25) is 0 Å². The maximum absolute atomic E-state index is 4.93. The minimum atomic E-state index is 1.07. The SMILES string of the molecule is CO/C=C(\C)CCc1ccccc1. The van der Waals surface area contributed by atoms with Gasteiger partial charge in [0, 0.05) is 0 Å². The van der Waals surface area contributed by atoms with Crippen molar-refractivity contribution in [1.82, 2.24) is 0 Å². The predicted molar refractivity (Wildman–Crippen MR) is 55.5 cm³/mol. The van der Waals surface area contributed by atoms with Crippen LogP contribution in [0.15, 0.2) is 42.2 Å². The van der Waals surface area contributed by atoms with Gasteiger partial charge in [-0.2, -0.15) is 0 Å². The molecule has 1 aromatic rings. The summed E-state index contributed by atoms with van der Waals surface area (Å²) in [6.07, 6.45) is 3.97. The molecule has 0 aliphatic heterocycles. The van der Waals surface area contributed by atoms with E-state index < -0.39 is 0 Å². The highest BCUT2D eigenvalue weighted by Gasteiger charge is 1.93. The summed E-state index contributed by atoms with van der Waals surface area (Å²) in [6, 6.07) is 10.5. The molecule has 0 radical (unpaired) electrons. The van der Waals surface area contributed by atoms with E-state index in [1.807, 2.05) is 12.3 Å². The molecule has 0 bridgehead atoms. The molecule has 0 atom stereocenters. The third-order valence-corrected chi connectivity index (χ3v) is 1.97. The van der Waals surface area contributed by atoms with E-state index in [4.69, 9.17) is 4.74 Å². The lowest BCUT2D eigenvalue weighted by atomic mass is 10.1. The van der Waals surface area contributed by atoms with Crippen molar-refractivity contribution in [3.63, 3.8) is 0 Å². The number of aryl methyl sites for hydroxylation is 1. The number of allylic oxidation sites excluding steroid dienone is 1. The summed E-state index contributed by atoms with van der Waals surface area (Å²) in [4.78, 5) is 0. The Morgan fingerprint density at radius 3 is 2.62 bits per heavy atom. The molecule has 0 spiro atoms. The maximum Gasteiger partial charge on any atom is 0.0813 e. The molecule has 0 saturated heterocycles. The van der Waals surface area contributed by atoms with Crippen molar-refractivity contribution >= 4 is 0 Å². The quantitative estimate of drug-likeness (QED) is 0.640. The van der Waals surface area contributed by atoms with Gasteiger partial charge in [0.15, 0.2) is 0 Å². The Balaban J connectivity index is 2.39. The van der Waals surface area contributed by atoms with Gasteiger partial charge >= 0.3 is 0 Å². The second-order valence-corrected chi connectivity index (χ2v) is 3.19. The molecule has 0 heterocycles. The van der Waals surface area contributed by atoms with E-state index in [1.54, 1.807) is 7.11 Å². The van der Waals surface area contributed by atoms with Gasteiger partial charge in [-0.05, 0) is 30.9 Å². The lowest BCUT2D eigenvalue weighted by Gasteiger charge is -2.01. The van der Waals surface area contributed by atoms with E-state index in [1.165, 1.54) is 11.1 Å². The van der Waals surface area contributed by atoms with E-state index in [-0.39, 0.29) is 0 Å². The van der Waals surface area contributed by atoms with Crippen molar-refractivity contribution in [2.24, 2.45) is 0 Å². The molecule has 0 unspecified atom stereocenters. The smallest absolute Gasteiger partial charge is 0.0813 e. The van der Waals surface area contributed by atoms with Crippen molar-refractivity contribution in [2.75, 3.05) is 7.11 Å². The van der Waals surface area contributed by atoms with Crippen molar-refractivity contribution in [3.05, 3.63) is 47.7 Å². The van der Waals surface area contributed by atoms with Gasteiger partial charge in [0.25, 0.3) is 0 Å². The Labute approximate surface area is 80.0 Å². The predicted octanol–water partition coefficient (Wildman–Crippen LogP) is 3.17. The van der Waals surface area contributed by atoms with Crippen LogP contribution < -0.4 is 0 Å². The van der Waals surface area contributed by atoms with Crippen LogP contribution >= 0.6 is 0 Å². The highest BCUT2D eigenvalue weighted by molar-refractivity contribution is 5.16. The molecule has 0 aromatic heterocycles. The second-order valence-electron chi connectivity index (χ2n) is 3.19. The monoisotopic (exact) mass is 176 g/mol. The van der Waals surface area contributed by atoms with Gasteiger partial charge in [0.2, 0.25) is 0 Å². The molecule has 0 saturated carbocycles. The summed E-state index contributed by atoms with van der Waals surface area (Å²) in [5.74, 6) is 0. The number of ether oxygens (including phenoxy) is 1. The topological polar surface area (TPSA) is 9.23 Å². The van der Waals surface area contributed by atoms with E-state index in [2.05, 4.69) is 31.2 Å². The van der Waals surface area contributed by atoms with Crippen LogP contribution in [0.1, 0.15) is 18.9 Å². The largest absolute Gasteiger partial charge is 0.504 e. The van der Waals surface area contributed by atoms with Gasteiger partial charge in [-0.15, -0.1) is 0 Å². The zero-order valence-electron chi connectivity index (χ0n) is 8.29. The lowest BCUT2D eigenvalue weighted by molar-refractivity contribution is 0.332. The van der Waals surface area contributed by atoms with Crippen molar-refractivity contribution < 1.29 is 4.74 Å². The van der Waals surface area contributed by atoms with Crippen LogP contribution in [0, 0.1) is 0 Å². The van der Waals surface area contributed by atoms with Crippen molar-refractivity contribution in [3.8, 4) is 0 Å². The molecule has 0 aliphatic rings. The van der Waals surface area contributed by atoms with Gasteiger partial charge < -0.3 is 4.74 Å². The number of benzene rings is 1. The third kappa shape index (κ3) is 3.79. The first-order chi connectivity index (χ1) is 6.33. The summed E-state index contributed by atoms with van der Waals surface area (Å²) in [5.41, 5.74) is 2.66. The van der Waals surface area contributed by atoms with Gasteiger partial charge in [-0.1, -0.05) is 30.3 Å². The molecule has 1 rings (SSSR count). The number of methoxy groups -OCH3 is 1. The van der Waals surface area contributed by atoms with Crippen molar-refractivity contribution in [1.29, 1.82) is 0 Å². The molecule has 13 heavy (non-hydrogen) atoms. The highest BCUT2D eigenvalue weighted by atomic mass is 16.5. The first-order valence-corrected chi connectivity index (χ1v) is 4.55. The zero-order valence-corrected chi connectivity index (χ0v) is 8.29. The van der Waals surface area contributed by atoms with Crippen LogP contribution in [0.3, 0.4) is 0 Å². The van der Waals surface area contributed by atoms with Crippen LogP contribution in [-0.4, -0.2) is 7.11 Å². The molecule has 0 N–H and O–H groups in total. The molecule has 1 aromatic carbocycles.